The minimum absolute atomic E-state index is 0.223. The lowest BCUT2D eigenvalue weighted by molar-refractivity contribution is 0.0697. The van der Waals surface area contributed by atoms with E-state index in [0.717, 1.165) is 5.56 Å². The van der Waals surface area contributed by atoms with Crippen LogP contribution in [0.4, 0.5) is 11.4 Å². The summed E-state index contributed by atoms with van der Waals surface area (Å²) in [6.45, 7) is 3.23. The summed E-state index contributed by atoms with van der Waals surface area (Å²) < 4.78 is 0. The third-order valence-corrected chi connectivity index (χ3v) is 3.12. The molecule has 0 unspecified atom stereocenters. The highest BCUT2D eigenvalue weighted by Crippen LogP contribution is 2.29. The standard InChI is InChI=1S/C15H17N3O2/c1-2-18(10-11-6-8-17-9-7-11)14-12(15(19)20)4-3-5-13(14)16/h3-9H,2,10,16H2,1H3,(H,19,20). The van der Waals surface area contributed by atoms with Crippen molar-refractivity contribution < 1.29 is 9.90 Å². The fourth-order valence-electron chi connectivity index (χ4n) is 2.14. The largest absolute Gasteiger partial charge is 0.478 e. The van der Waals surface area contributed by atoms with E-state index in [1.165, 1.54) is 0 Å². The highest BCUT2D eigenvalue weighted by molar-refractivity contribution is 5.98. The van der Waals surface area contributed by atoms with Gasteiger partial charge in [0.25, 0.3) is 0 Å². The molecule has 0 aliphatic heterocycles. The van der Waals surface area contributed by atoms with Crippen molar-refractivity contribution in [2.75, 3.05) is 17.2 Å². The second kappa shape index (κ2) is 6.06. The number of aromatic carboxylic acids is 1. The molecule has 0 spiro atoms. The monoisotopic (exact) mass is 271 g/mol. The Morgan fingerprint density at radius 3 is 2.60 bits per heavy atom. The smallest absolute Gasteiger partial charge is 0.337 e. The second-order valence-corrected chi connectivity index (χ2v) is 4.42. The predicted molar refractivity (Wildman–Crippen MR) is 78.8 cm³/mol. The maximum atomic E-state index is 11.4. The Morgan fingerprint density at radius 2 is 2.00 bits per heavy atom. The molecule has 104 valence electrons. The van der Waals surface area contributed by atoms with Crippen LogP contribution >= 0.6 is 0 Å². The van der Waals surface area contributed by atoms with Gasteiger partial charge in [-0.2, -0.15) is 0 Å². The van der Waals surface area contributed by atoms with Crippen molar-refractivity contribution in [3.05, 3.63) is 53.9 Å². The quantitative estimate of drug-likeness (QED) is 0.816. The Balaban J connectivity index is 2.39. The molecule has 2 aromatic rings. The van der Waals surface area contributed by atoms with Crippen LogP contribution in [0.2, 0.25) is 0 Å². The number of nitrogen functional groups attached to an aromatic ring is 1. The van der Waals surface area contributed by atoms with Crippen molar-refractivity contribution in [1.82, 2.24) is 4.98 Å². The number of hydrogen-bond acceptors (Lipinski definition) is 4. The van der Waals surface area contributed by atoms with Gasteiger partial charge in [-0.3, -0.25) is 4.98 Å². The molecule has 0 aliphatic rings. The molecule has 1 aromatic carbocycles. The van der Waals surface area contributed by atoms with Crippen LogP contribution in [0.5, 0.6) is 0 Å². The van der Waals surface area contributed by atoms with Crippen molar-refractivity contribution in [2.45, 2.75) is 13.5 Å². The maximum absolute atomic E-state index is 11.4. The van der Waals surface area contributed by atoms with Gasteiger partial charge in [0, 0.05) is 25.5 Å². The van der Waals surface area contributed by atoms with Crippen molar-refractivity contribution in [2.24, 2.45) is 0 Å². The van der Waals surface area contributed by atoms with E-state index < -0.39 is 5.97 Å². The molecule has 2 rings (SSSR count). The lowest BCUT2D eigenvalue weighted by atomic mass is 10.1. The van der Waals surface area contributed by atoms with Gasteiger partial charge >= 0.3 is 5.97 Å². The summed E-state index contributed by atoms with van der Waals surface area (Å²) in [6, 6.07) is 8.76. The number of rotatable bonds is 5. The van der Waals surface area contributed by atoms with Gasteiger partial charge in [0.2, 0.25) is 0 Å². The van der Waals surface area contributed by atoms with Gasteiger partial charge in [0.15, 0.2) is 0 Å². The van der Waals surface area contributed by atoms with Crippen molar-refractivity contribution in [1.29, 1.82) is 0 Å². The van der Waals surface area contributed by atoms with Gasteiger partial charge in [0.1, 0.15) is 0 Å². The molecule has 0 aliphatic carbocycles. The van der Waals surface area contributed by atoms with Gasteiger partial charge in [-0.25, -0.2) is 4.79 Å². The summed E-state index contributed by atoms with van der Waals surface area (Å²) in [5.41, 5.74) is 8.29. The number of benzene rings is 1. The number of para-hydroxylation sites is 1. The Labute approximate surface area is 117 Å². The Kier molecular flexibility index (Phi) is 4.20. The topological polar surface area (TPSA) is 79.5 Å². The molecule has 0 radical (unpaired) electrons. The number of carboxylic acids is 1. The van der Waals surface area contributed by atoms with E-state index in [9.17, 15) is 9.90 Å². The van der Waals surface area contributed by atoms with Crippen LogP contribution < -0.4 is 10.6 Å². The molecular weight excluding hydrogens is 254 g/mol. The number of aromatic nitrogens is 1. The lowest BCUT2D eigenvalue weighted by Gasteiger charge is -2.26. The second-order valence-electron chi connectivity index (χ2n) is 4.42. The van der Waals surface area contributed by atoms with Crippen LogP contribution in [-0.2, 0) is 6.54 Å². The molecule has 0 amide bonds. The lowest BCUT2D eigenvalue weighted by Crippen LogP contribution is -2.25. The number of carbonyl (C=O) groups is 1. The first-order valence-electron chi connectivity index (χ1n) is 6.39. The molecule has 20 heavy (non-hydrogen) atoms. The van der Waals surface area contributed by atoms with Gasteiger partial charge in [-0.15, -0.1) is 0 Å². The van der Waals surface area contributed by atoms with E-state index in [4.69, 9.17) is 5.73 Å². The van der Waals surface area contributed by atoms with E-state index in [1.54, 1.807) is 30.6 Å². The summed E-state index contributed by atoms with van der Waals surface area (Å²) in [7, 11) is 0. The summed E-state index contributed by atoms with van der Waals surface area (Å²) in [5, 5.41) is 9.31. The number of anilines is 2. The molecule has 1 heterocycles. The van der Waals surface area contributed by atoms with E-state index >= 15 is 0 Å². The highest BCUT2D eigenvalue weighted by atomic mass is 16.4. The summed E-state index contributed by atoms with van der Waals surface area (Å²) >= 11 is 0. The molecule has 0 saturated heterocycles. The molecule has 3 N–H and O–H groups in total. The van der Waals surface area contributed by atoms with Crippen LogP contribution in [0.25, 0.3) is 0 Å². The van der Waals surface area contributed by atoms with Crippen molar-refractivity contribution in [3.8, 4) is 0 Å². The van der Waals surface area contributed by atoms with E-state index in [2.05, 4.69) is 4.98 Å². The van der Waals surface area contributed by atoms with E-state index in [-0.39, 0.29) is 5.56 Å². The fourth-order valence-corrected chi connectivity index (χ4v) is 2.14. The average Bonchev–Trinajstić information content (AvgIpc) is 2.46. The van der Waals surface area contributed by atoms with Gasteiger partial charge in [-0.1, -0.05) is 6.07 Å². The third-order valence-electron chi connectivity index (χ3n) is 3.12. The molecule has 0 bridgehead atoms. The van der Waals surface area contributed by atoms with Gasteiger partial charge in [0.05, 0.1) is 16.9 Å². The molecule has 0 atom stereocenters. The summed E-state index contributed by atoms with van der Waals surface area (Å²) in [6.07, 6.45) is 3.44. The average molecular weight is 271 g/mol. The molecule has 1 aromatic heterocycles. The number of hydrogen-bond donors (Lipinski definition) is 2. The molecular formula is C15H17N3O2. The first-order chi connectivity index (χ1) is 9.63. The zero-order valence-corrected chi connectivity index (χ0v) is 11.3. The van der Waals surface area contributed by atoms with Crippen LogP contribution in [0.3, 0.4) is 0 Å². The Bertz CT molecular complexity index is 599. The van der Waals surface area contributed by atoms with Crippen molar-refractivity contribution >= 4 is 17.3 Å². The normalized spacial score (nSPS) is 10.2. The van der Waals surface area contributed by atoms with E-state index in [1.807, 2.05) is 24.0 Å². The van der Waals surface area contributed by atoms with Crippen LogP contribution in [0, 0.1) is 0 Å². The first kappa shape index (κ1) is 13.9. The highest BCUT2D eigenvalue weighted by Gasteiger charge is 2.17. The van der Waals surface area contributed by atoms with Gasteiger partial charge < -0.3 is 15.7 Å². The van der Waals surface area contributed by atoms with Crippen LogP contribution in [0.1, 0.15) is 22.8 Å². The number of pyridine rings is 1. The van der Waals surface area contributed by atoms with Gasteiger partial charge in [-0.05, 0) is 36.8 Å². The van der Waals surface area contributed by atoms with Crippen molar-refractivity contribution in [3.63, 3.8) is 0 Å². The number of nitrogens with two attached hydrogens (primary N) is 1. The minimum Gasteiger partial charge on any atom is -0.478 e. The fraction of sp³-hybridized carbons (Fsp3) is 0.200. The molecule has 0 saturated carbocycles. The minimum atomic E-state index is -0.972. The van der Waals surface area contributed by atoms with Crippen LogP contribution in [0.15, 0.2) is 42.7 Å². The third kappa shape index (κ3) is 2.88. The predicted octanol–water partition coefficient (Wildman–Crippen LogP) is 2.39. The Hall–Kier alpha value is -2.56. The maximum Gasteiger partial charge on any atom is 0.337 e. The molecule has 5 heteroatoms. The van der Waals surface area contributed by atoms with Crippen LogP contribution in [-0.4, -0.2) is 22.6 Å². The zero-order chi connectivity index (χ0) is 14.5. The molecule has 5 nitrogen and oxygen atoms in total. The zero-order valence-electron chi connectivity index (χ0n) is 11.3. The SMILES string of the molecule is CCN(Cc1ccncc1)c1c(N)cccc1C(=O)O. The summed E-state index contributed by atoms with van der Waals surface area (Å²) in [5.74, 6) is -0.972. The number of carboxylic acid groups (broad SMARTS) is 1. The number of nitrogens with zero attached hydrogens (tertiary/aromatic N) is 2. The first-order valence-corrected chi connectivity index (χ1v) is 6.39. The van der Waals surface area contributed by atoms with E-state index in [0.29, 0.717) is 24.5 Å². The summed E-state index contributed by atoms with van der Waals surface area (Å²) in [4.78, 5) is 17.3. The molecule has 0 fully saturated rings. The Morgan fingerprint density at radius 1 is 1.30 bits per heavy atom.